The zero-order chi connectivity index (χ0) is 23.7. The van der Waals surface area contributed by atoms with Gasteiger partial charge in [-0.1, -0.05) is 60.7 Å². The Morgan fingerprint density at radius 2 is 1.65 bits per heavy atom. The van der Waals surface area contributed by atoms with E-state index < -0.39 is 22.2 Å². The minimum Gasteiger partial charge on any atom is -0.431 e. The summed E-state index contributed by atoms with van der Waals surface area (Å²) in [5.74, 6) is -0.604. The monoisotopic (exact) mass is 494 g/mol. The van der Waals surface area contributed by atoms with Crippen LogP contribution in [0.2, 0.25) is 0 Å². The number of thioether (sulfide) groups is 1. The van der Waals surface area contributed by atoms with Gasteiger partial charge in [-0.3, -0.25) is 4.79 Å². The van der Waals surface area contributed by atoms with Crippen molar-refractivity contribution in [1.29, 1.82) is 0 Å². The van der Waals surface area contributed by atoms with E-state index in [9.17, 15) is 13.2 Å². The summed E-state index contributed by atoms with van der Waals surface area (Å²) in [5.41, 5.74) is 9.14. The van der Waals surface area contributed by atoms with Crippen LogP contribution >= 0.6 is 11.8 Å². The molecule has 10 heteroatoms. The zero-order valence-corrected chi connectivity index (χ0v) is 19.7. The van der Waals surface area contributed by atoms with Crippen LogP contribution in [0.3, 0.4) is 0 Å². The van der Waals surface area contributed by atoms with Crippen LogP contribution in [0, 0.1) is 0 Å². The van der Waals surface area contributed by atoms with E-state index in [0.29, 0.717) is 16.8 Å². The van der Waals surface area contributed by atoms with E-state index >= 15 is 0 Å². The third-order valence-electron chi connectivity index (χ3n) is 5.60. The van der Waals surface area contributed by atoms with Crippen molar-refractivity contribution >= 4 is 44.7 Å². The average Bonchev–Trinajstić information content (AvgIpc) is 3.30. The maximum Gasteiger partial charge on any atom is 0.308 e. The van der Waals surface area contributed by atoms with E-state index in [-0.39, 0.29) is 24.1 Å². The van der Waals surface area contributed by atoms with Crippen LogP contribution in [0.1, 0.15) is 11.1 Å². The number of oxazole rings is 1. The molecule has 2 N–H and O–H groups in total. The third kappa shape index (κ3) is 4.39. The second kappa shape index (κ2) is 9.13. The summed E-state index contributed by atoms with van der Waals surface area (Å²) in [4.78, 5) is 17.7. The minimum absolute atomic E-state index is 0.107. The number of aromatic nitrogens is 1. The van der Waals surface area contributed by atoms with E-state index in [1.807, 2.05) is 60.7 Å². The van der Waals surface area contributed by atoms with Gasteiger partial charge >= 0.3 is 10.2 Å². The van der Waals surface area contributed by atoms with Crippen molar-refractivity contribution < 1.29 is 17.6 Å². The molecule has 1 aliphatic heterocycles. The number of hydrogen-bond acceptors (Lipinski definition) is 7. The van der Waals surface area contributed by atoms with Gasteiger partial charge < -0.3 is 10.2 Å². The lowest BCUT2D eigenvalue weighted by Gasteiger charge is -2.20. The van der Waals surface area contributed by atoms with E-state index in [4.69, 9.17) is 10.2 Å². The number of rotatable bonds is 7. The lowest BCUT2D eigenvalue weighted by Crippen LogP contribution is -2.36. The summed E-state index contributed by atoms with van der Waals surface area (Å²) in [6, 6.07) is 22.9. The number of nitrogen functional groups attached to an aromatic ring is 1. The lowest BCUT2D eigenvalue weighted by atomic mass is 10.0. The van der Waals surface area contributed by atoms with Gasteiger partial charge in [0.2, 0.25) is 0 Å². The standard InChI is InChI=1S/C24H22N4O4S2/c25-19-11-12-20-22(14-19)32-24(26-20)33-16-28-23(29)21(13-17-7-3-1-4-8-17)27(34(28,30)31)15-18-9-5-2-6-10-18/h1-12,14,21H,13,15-16,25H2. The lowest BCUT2D eigenvalue weighted by molar-refractivity contribution is -0.127. The van der Waals surface area contributed by atoms with Gasteiger partial charge in [0.1, 0.15) is 11.6 Å². The van der Waals surface area contributed by atoms with Crippen molar-refractivity contribution in [2.75, 3.05) is 11.6 Å². The summed E-state index contributed by atoms with van der Waals surface area (Å²) in [6.45, 7) is 0.107. The molecule has 2 heterocycles. The summed E-state index contributed by atoms with van der Waals surface area (Å²) in [6.07, 6.45) is 0.287. The second-order valence-electron chi connectivity index (χ2n) is 7.91. The fourth-order valence-electron chi connectivity index (χ4n) is 3.90. The van der Waals surface area contributed by atoms with Gasteiger partial charge in [0.05, 0.1) is 5.88 Å². The molecule has 1 aliphatic rings. The number of hydrogen-bond donors (Lipinski definition) is 1. The number of fused-ring (bicyclic) bond motifs is 1. The Bertz CT molecular complexity index is 1430. The molecule has 0 bridgehead atoms. The van der Waals surface area contributed by atoms with Crippen molar-refractivity contribution in [3.05, 3.63) is 90.0 Å². The third-order valence-corrected chi connectivity index (χ3v) is 8.42. The van der Waals surface area contributed by atoms with Crippen molar-refractivity contribution in [1.82, 2.24) is 13.6 Å². The molecule has 0 aliphatic carbocycles. The first-order valence-electron chi connectivity index (χ1n) is 10.6. The predicted octanol–water partition coefficient (Wildman–Crippen LogP) is 3.66. The molecular weight excluding hydrogens is 472 g/mol. The Balaban J connectivity index is 1.42. The van der Waals surface area contributed by atoms with Crippen molar-refractivity contribution in [3.63, 3.8) is 0 Å². The molecule has 1 unspecified atom stereocenters. The van der Waals surface area contributed by atoms with Crippen LogP contribution in [0.5, 0.6) is 0 Å². The number of benzene rings is 3. The fraction of sp³-hybridized carbons (Fsp3) is 0.167. The number of nitrogens with two attached hydrogens (primary N) is 1. The van der Waals surface area contributed by atoms with E-state index in [0.717, 1.165) is 27.2 Å². The maximum absolute atomic E-state index is 13.5. The van der Waals surface area contributed by atoms with E-state index in [2.05, 4.69) is 4.98 Å². The number of nitrogens with zero attached hydrogens (tertiary/aromatic N) is 3. The van der Waals surface area contributed by atoms with Crippen LogP contribution in [0.25, 0.3) is 11.1 Å². The molecule has 0 radical (unpaired) electrons. The normalized spacial score (nSPS) is 18.1. The van der Waals surface area contributed by atoms with Crippen LogP contribution in [-0.4, -0.2) is 39.8 Å². The number of anilines is 1. The molecule has 1 amide bonds. The molecule has 8 nitrogen and oxygen atoms in total. The summed E-state index contributed by atoms with van der Waals surface area (Å²) >= 11 is 1.05. The Labute approximate surface area is 201 Å². The Kier molecular flexibility index (Phi) is 6.03. The van der Waals surface area contributed by atoms with Crippen LogP contribution in [0.15, 0.2) is 88.5 Å². The van der Waals surface area contributed by atoms with Gasteiger partial charge in [0.25, 0.3) is 11.1 Å². The van der Waals surface area contributed by atoms with Gasteiger partial charge in [-0.25, -0.2) is 9.29 Å². The highest BCUT2D eigenvalue weighted by Gasteiger charge is 2.50. The SMILES string of the molecule is Nc1ccc2nc(SCN3C(=O)C(Cc4ccccc4)N(Cc4ccccc4)S3(=O)=O)oc2c1. The molecule has 34 heavy (non-hydrogen) atoms. The highest BCUT2D eigenvalue weighted by Crippen LogP contribution is 2.32. The van der Waals surface area contributed by atoms with Crippen LogP contribution in [-0.2, 0) is 28.0 Å². The van der Waals surface area contributed by atoms with E-state index in [1.165, 1.54) is 4.31 Å². The van der Waals surface area contributed by atoms with Crippen molar-refractivity contribution in [2.45, 2.75) is 24.2 Å². The van der Waals surface area contributed by atoms with Gasteiger partial charge in [0.15, 0.2) is 5.58 Å². The molecule has 1 atom stereocenters. The van der Waals surface area contributed by atoms with Gasteiger partial charge in [0, 0.05) is 18.3 Å². The molecule has 5 rings (SSSR count). The molecule has 174 valence electrons. The molecule has 0 spiro atoms. The van der Waals surface area contributed by atoms with E-state index in [1.54, 1.807) is 18.2 Å². The minimum atomic E-state index is -4.04. The Hall–Kier alpha value is -3.34. The molecule has 1 aromatic heterocycles. The van der Waals surface area contributed by atoms with Gasteiger partial charge in [-0.2, -0.15) is 12.7 Å². The smallest absolute Gasteiger partial charge is 0.308 e. The fourth-order valence-corrected chi connectivity index (χ4v) is 6.66. The second-order valence-corrected chi connectivity index (χ2v) is 10.6. The molecular formula is C24H22N4O4S2. The maximum atomic E-state index is 13.5. The molecule has 1 fully saturated rings. The van der Waals surface area contributed by atoms with Crippen LogP contribution < -0.4 is 5.73 Å². The highest BCUT2D eigenvalue weighted by atomic mass is 32.2. The topological polar surface area (TPSA) is 110 Å². The quantitative estimate of drug-likeness (QED) is 0.308. The molecule has 0 saturated carbocycles. The summed E-state index contributed by atoms with van der Waals surface area (Å²) < 4.78 is 34.9. The molecule has 3 aromatic carbocycles. The Morgan fingerprint density at radius 3 is 2.35 bits per heavy atom. The molecule has 4 aromatic rings. The number of amides is 1. The largest absolute Gasteiger partial charge is 0.431 e. The number of carbonyl (C=O) groups is 1. The van der Waals surface area contributed by atoms with Crippen LogP contribution in [0.4, 0.5) is 5.69 Å². The first-order chi connectivity index (χ1) is 16.4. The zero-order valence-electron chi connectivity index (χ0n) is 18.1. The first kappa shape index (κ1) is 22.5. The van der Waals surface area contributed by atoms with Crippen molar-refractivity contribution in [3.8, 4) is 0 Å². The highest BCUT2D eigenvalue weighted by molar-refractivity contribution is 8.00. The summed E-state index contributed by atoms with van der Waals surface area (Å²) in [5, 5.41) is 0.268. The first-order valence-corrected chi connectivity index (χ1v) is 13.0. The predicted molar refractivity (Wildman–Crippen MR) is 131 cm³/mol. The average molecular weight is 495 g/mol. The van der Waals surface area contributed by atoms with Gasteiger partial charge in [-0.05, 0) is 41.4 Å². The summed E-state index contributed by atoms with van der Waals surface area (Å²) in [7, 11) is -4.04. The Morgan fingerprint density at radius 1 is 0.971 bits per heavy atom. The van der Waals surface area contributed by atoms with Gasteiger partial charge in [-0.15, -0.1) is 0 Å². The molecule has 1 saturated heterocycles. The number of carbonyl (C=O) groups excluding carboxylic acids is 1. The van der Waals surface area contributed by atoms with Crippen molar-refractivity contribution in [2.24, 2.45) is 0 Å².